The Morgan fingerprint density at radius 1 is 1.23 bits per heavy atom. The van der Waals surface area contributed by atoms with Crippen LogP contribution in [-0.2, 0) is 9.53 Å². The van der Waals surface area contributed by atoms with Crippen LogP contribution < -0.4 is 10.6 Å². The maximum absolute atomic E-state index is 13.9. The highest BCUT2D eigenvalue weighted by molar-refractivity contribution is 6.06. The normalized spacial score (nSPS) is 16.5. The average Bonchev–Trinajstić information content (AvgIpc) is 2.81. The Labute approximate surface area is 151 Å². The van der Waals surface area contributed by atoms with Crippen LogP contribution in [0.1, 0.15) is 41.1 Å². The molecular formula is C20H21FN2O3. The van der Waals surface area contributed by atoms with Crippen molar-refractivity contribution < 1.29 is 18.7 Å². The molecule has 0 radical (unpaired) electrons. The predicted molar refractivity (Wildman–Crippen MR) is 97.5 cm³/mol. The minimum absolute atomic E-state index is 0.164. The van der Waals surface area contributed by atoms with Crippen molar-refractivity contribution in [1.82, 2.24) is 0 Å². The number of nitrogens with two attached hydrogens (primary N) is 1. The minimum atomic E-state index is -0.389. The third-order valence-corrected chi connectivity index (χ3v) is 4.70. The van der Waals surface area contributed by atoms with E-state index < -0.39 is 0 Å². The zero-order chi connectivity index (χ0) is 18.7. The first-order chi connectivity index (χ1) is 12.5. The number of esters is 1. The van der Waals surface area contributed by atoms with Gasteiger partial charge in [-0.3, -0.25) is 9.59 Å². The van der Waals surface area contributed by atoms with E-state index in [0.717, 1.165) is 0 Å². The van der Waals surface area contributed by atoms with Gasteiger partial charge in [0.1, 0.15) is 5.82 Å². The molecule has 0 spiro atoms. The van der Waals surface area contributed by atoms with Crippen molar-refractivity contribution in [2.24, 2.45) is 0 Å². The maximum atomic E-state index is 13.9. The number of fused-ring (bicyclic) bond motifs is 1. The van der Waals surface area contributed by atoms with Crippen LogP contribution in [0.25, 0.3) is 0 Å². The first-order valence-corrected chi connectivity index (χ1v) is 8.53. The van der Waals surface area contributed by atoms with Crippen molar-refractivity contribution in [2.45, 2.75) is 25.2 Å². The second-order valence-electron chi connectivity index (χ2n) is 6.40. The van der Waals surface area contributed by atoms with Gasteiger partial charge in [0.05, 0.1) is 13.5 Å². The Bertz CT molecular complexity index is 820. The summed E-state index contributed by atoms with van der Waals surface area (Å²) < 4.78 is 18.7. The summed E-state index contributed by atoms with van der Waals surface area (Å²) in [5.41, 5.74) is 8.09. The highest BCUT2D eigenvalue weighted by Crippen LogP contribution is 2.37. The quantitative estimate of drug-likeness (QED) is 0.675. The number of rotatable bonds is 3. The van der Waals surface area contributed by atoms with E-state index in [2.05, 4.69) is 0 Å². The molecule has 0 saturated heterocycles. The number of ether oxygens (including phenoxy) is 1. The van der Waals surface area contributed by atoms with Crippen LogP contribution >= 0.6 is 0 Å². The second kappa shape index (κ2) is 7.56. The fourth-order valence-electron chi connectivity index (χ4n) is 3.36. The highest BCUT2D eigenvalue weighted by atomic mass is 19.1. The summed E-state index contributed by atoms with van der Waals surface area (Å²) in [6.45, 7) is 0.500. The van der Waals surface area contributed by atoms with Crippen LogP contribution in [0.15, 0.2) is 42.5 Å². The van der Waals surface area contributed by atoms with E-state index in [0.29, 0.717) is 41.9 Å². The van der Waals surface area contributed by atoms with E-state index >= 15 is 0 Å². The van der Waals surface area contributed by atoms with Gasteiger partial charge in [0.15, 0.2) is 0 Å². The molecule has 0 saturated carbocycles. The number of hydrogen-bond donors (Lipinski definition) is 1. The van der Waals surface area contributed by atoms with Gasteiger partial charge in [-0.1, -0.05) is 0 Å². The molecular weight excluding hydrogens is 335 g/mol. The zero-order valence-corrected chi connectivity index (χ0v) is 14.6. The number of nitrogens with zero attached hydrogens (tertiary/aromatic N) is 1. The first kappa shape index (κ1) is 17.9. The molecule has 1 amide bonds. The molecule has 3 rings (SSSR count). The van der Waals surface area contributed by atoms with Gasteiger partial charge in [-0.2, -0.15) is 0 Å². The largest absolute Gasteiger partial charge is 0.469 e. The van der Waals surface area contributed by atoms with Crippen LogP contribution in [0.2, 0.25) is 0 Å². The summed E-state index contributed by atoms with van der Waals surface area (Å²) in [6.07, 6.45) is 1.55. The lowest BCUT2D eigenvalue weighted by Crippen LogP contribution is -2.31. The molecule has 1 aliphatic rings. The van der Waals surface area contributed by atoms with Gasteiger partial charge in [-0.15, -0.1) is 0 Å². The van der Waals surface area contributed by atoms with Gasteiger partial charge in [0, 0.05) is 23.5 Å². The summed E-state index contributed by atoms with van der Waals surface area (Å²) in [7, 11) is 1.34. The Kier molecular flexibility index (Phi) is 5.21. The standard InChI is InChI=1S/C20H21FN2O3/c1-26-19(24)11-14-3-2-10-23(18-9-6-15(21)12-17(14)18)20(25)13-4-7-16(22)8-5-13/h4-9,12,14H,2-3,10-11,22H2,1H3. The molecule has 136 valence electrons. The summed E-state index contributed by atoms with van der Waals surface area (Å²) in [5.74, 6) is -1.09. The van der Waals surface area contributed by atoms with Crippen LogP contribution in [0, 0.1) is 5.82 Å². The molecule has 2 N–H and O–H groups in total. The lowest BCUT2D eigenvalue weighted by atomic mass is 9.91. The maximum Gasteiger partial charge on any atom is 0.306 e. The Morgan fingerprint density at radius 2 is 1.96 bits per heavy atom. The lowest BCUT2D eigenvalue weighted by Gasteiger charge is -2.24. The number of nitrogen functional groups attached to an aromatic ring is 1. The predicted octanol–water partition coefficient (Wildman–Crippen LogP) is 3.50. The molecule has 1 aliphatic heterocycles. The molecule has 2 aromatic rings. The second-order valence-corrected chi connectivity index (χ2v) is 6.40. The minimum Gasteiger partial charge on any atom is -0.469 e. The molecule has 26 heavy (non-hydrogen) atoms. The molecule has 1 unspecified atom stereocenters. The Morgan fingerprint density at radius 3 is 2.65 bits per heavy atom. The van der Waals surface area contributed by atoms with Gasteiger partial charge in [-0.05, 0) is 66.8 Å². The van der Waals surface area contributed by atoms with E-state index in [1.54, 1.807) is 35.2 Å². The number of carbonyl (C=O) groups is 2. The highest BCUT2D eigenvalue weighted by Gasteiger charge is 2.29. The number of hydrogen-bond acceptors (Lipinski definition) is 4. The molecule has 1 atom stereocenters. The topological polar surface area (TPSA) is 72.6 Å². The van der Waals surface area contributed by atoms with Crippen LogP contribution in [-0.4, -0.2) is 25.5 Å². The number of benzene rings is 2. The van der Waals surface area contributed by atoms with Gasteiger partial charge >= 0.3 is 5.97 Å². The smallest absolute Gasteiger partial charge is 0.306 e. The lowest BCUT2D eigenvalue weighted by molar-refractivity contribution is -0.141. The van der Waals surface area contributed by atoms with E-state index in [1.807, 2.05) is 0 Å². The Balaban J connectivity index is 1.99. The average molecular weight is 356 g/mol. The summed E-state index contributed by atoms with van der Waals surface area (Å²) >= 11 is 0. The number of amides is 1. The molecule has 0 fully saturated rings. The van der Waals surface area contributed by atoms with Gasteiger partial charge in [-0.25, -0.2) is 4.39 Å². The third kappa shape index (κ3) is 3.69. The van der Waals surface area contributed by atoms with E-state index in [9.17, 15) is 14.0 Å². The van der Waals surface area contributed by atoms with Crippen LogP contribution in [0.4, 0.5) is 15.8 Å². The van der Waals surface area contributed by atoms with Crippen molar-refractivity contribution in [2.75, 3.05) is 24.3 Å². The Hall–Kier alpha value is -2.89. The summed E-state index contributed by atoms with van der Waals surface area (Å²) in [5, 5.41) is 0. The molecule has 1 heterocycles. The monoisotopic (exact) mass is 356 g/mol. The molecule has 6 heteroatoms. The molecule has 0 aliphatic carbocycles. The fourth-order valence-corrected chi connectivity index (χ4v) is 3.36. The van der Waals surface area contributed by atoms with E-state index in [-0.39, 0.29) is 30.0 Å². The third-order valence-electron chi connectivity index (χ3n) is 4.70. The summed E-state index contributed by atoms with van der Waals surface area (Å²) in [4.78, 5) is 26.4. The van der Waals surface area contributed by atoms with Crippen molar-refractivity contribution >= 4 is 23.3 Å². The molecule has 2 aromatic carbocycles. The molecule has 0 bridgehead atoms. The fraction of sp³-hybridized carbons (Fsp3) is 0.300. The zero-order valence-electron chi connectivity index (χ0n) is 14.6. The van der Waals surface area contributed by atoms with E-state index in [1.165, 1.54) is 19.2 Å². The number of halogens is 1. The van der Waals surface area contributed by atoms with Crippen LogP contribution in [0.5, 0.6) is 0 Å². The SMILES string of the molecule is COC(=O)CC1CCCN(C(=O)c2ccc(N)cc2)c2ccc(F)cc21. The first-order valence-electron chi connectivity index (χ1n) is 8.53. The number of methoxy groups -OCH3 is 1. The van der Waals surface area contributed by atoms with Crippen molar-refractivity contribution in [3.05, 3.63) is 59.4 Å². The van der Waals surface area contributed by atoms with Crippen molar-refractivity contribution in [3.8, 4) is 0 Å². The molecule has 0 aromatic heterocycles. The number of carbonyl (C=O) groups excluding carboxylic acids is 2. The van der Waals surface area contributed by atoms with Gasteiger partial charge in [0.2, 0.25) is 0 Å². The molecule has 5 nitrogen and oxygen atoms in total. The van der Waals surface area contributed by atoms with Crippen molar-refractivity contribution in [3.63, 3.8) is 0 Å². The van der Waals surface area contributed by atoms with Gasteiger partial charge in [0.25, 0.3) is 5.91 Å². The number of anilines is 2. The van der Waals surface area contributed by atoms with Gasteiger partial charge < -0.3 is 15.4 Å². The van der Waals surface area contributed by atoms with E-state index in [4.69, 9.17) is 10.5 Å². The summed E-state index contributed by atoms with van der Waals surface area (Å²) in [6, 6.07) is 11.1. The van der Waals surface area contributed by atoms with Crippen molar-refractivity contribution in [1.29, 1.82) is 0 Å². The van der Waals surface area contributed by atoms with Crippen LogP contribution in [0.3, 0.4) is 0 Å².